The van der Waals surface area contributed by atoms with Crippen LogP contribution in [0.15, 0.2) is 49.6 Å². The molecule has 3 rings (SSSR count). The molecule has 0 radical (unpaired) electrons. The number of hydrogen-bond acceptors (Lipinski definition) is 12. The highest BCUT2D eigenvalue weighted by atomic mass is 16.8. The van der Waals surface area contributed by atoms with Crippen molar-refractivity contribution in [3.8, 4) is 5.75 Å². The largest absolute Gasteiger partial charge is 0.497 e. The highest BCUT2D eigenvalue weighted by molar-refractivity contribution is 5.26. The number of rotatable bonds is 70. The molecule has 1 aromatic carbocycles. The molecule has 1 aromatic rings. The van der Waals surface area contributed by atoms with Crippen LogP contribution in [0, 0.1) is 0 Å². The monoisotopic (exact) mass is 1330 g/mol. The van der Waals surface area contributed by atoms with Crippen molar-refractivity contribution >= 4 is 0 Å². The summed E-state index contributed by atoms with van der Waals surface area (Å²) in [7, 11) is 1.69. The van der Waals surface area contributed by atoms with Gasteiger partial charge in [0.1, 0.15) is 54.6 Å². The van der Waals surface area contributed by atoms with Crippen LogP contribution in [0.4, 0.5) is 0 Å². The molecule has 12 nitrogen and oxygen atoms in total. The van der Waals surface area contributed by atoms with E-state index in [1.165, 1.54) is 257 Å². The summed E-state index contributed by atoms with van der Waals surface area (Å²) in [5.74, 6) is 0.783. The molecule has 0 saturated carbocycles. The molecule has 2 fully saturated rings. The zero-order chi connectivity index (χ0) is 67.3. The maximum Gasteiger partial charge on any atom is 0.187 e. The zero-order valence-electron chi connectivity index (χ0n) is 61.9. The molecule has 0 bridgehead atoms. The van der Waals surface area contributed by atoms with E-state index < -0.39 is 61.4 Å². The molecule has 2 aliphatic heterocycles. The average Bonchev–Trinajstić information content (AvgIpc) is 0.798. The molecule has 10 atom stereocenters. The SMILES string of the molecule is C=CCO[C@H]1O[C@H](CO[C@@H]2O[C@H](CO)[C@@H](OCC=C)[C@H](OCCCCCCCCCCCCCC)[C@H]2OCCCCCCCCCCCCCC)[C@@H](OCc2ccc(OC)cc2)[C@H](OCCCCCCCCCCCCCC)[C@H]1OCCCCCCCCCCCCCC. The first kappa shape index (κ1) is 86.3. The van der Waals surface area contributed by atoms with E-state index in [0.29, 0.717) is 33.0 Å². The third-order valence-electron chi connectivity index (χ3n) is 19.4. The van der Waals surface area contributed by atoms with Crippen molar-refractivity contribution in [3.63, 3.8) is 0 Å². The van der Waals surface area contributed by atoms with Crippen molar-refractivity contribution in [2.45, 2.75) is 404 Å². The van der Waals surface area contributed by atoms with Gasteiger partial charge in [0.2, 0.25) is 0 Å². The van der Waals surface area contributed by atoms with Gasteiger partial charge in [-0.1, -0.05) is 334 Å². The van der Waals surface area contributed by atoms with Gasteiger partial charge in [-0.05, 0) is 43.4 Å². The Morgan fingerprint density at radius 2 is 0.617 bits per heavy atom. The number of aliphatic hydroxyl groups is 1. The van der Waals surface area contributed by atoms with E-state index in [2.05, 4.69) is 40.9 Å². The van der Waals surface area contributed by atoms with Crippen LogP contribution in [-0.4, -0.2) is 126 Å². The first-order valence-electron chi connectivity index (χ1n) is 40.2. The molecule has 12 heteroatoms. The summed E-state index contributed by atoms with van der Waals surface area (Å²) >= 11 is 0. The Labute approximate surface area is 579 Å². The molecule has 0 unspecified atom stereocenters. The van der Waals surface area contributed by atoms with E-state index in [9.17, 15) is 5.11 Å². The Morgan fingerprint density at radius 3 is 0.936 bits per heavy atom. The van der Waals surface area contributed by atoms with E-state index in [0.717, 1.165) is 62.7 Å². The second-order valence-electron chi connectivity index (χ2n) is 27.8. The Hall–Kier alpha value is -1.94. The smallest absolute Gasteiger partial charge is 0.187 e. The Morgan fingerprint density at radius 1 is 0.330 bits per heavy atom. The summed E-state index contributed by atoms with van der Waals surface area (Å²) in [4.78, 5) is 0. The lowest BCUT2D eigenvalue weighted by Crippen LogP contribution is -2.64. The van der Waals surface area contributed by atoms with Gasteiger partial charge in [-0.15, -0.1) is 13.2 Å². The van der Waals surface area contributed by atoms with Gasteiger partial charge in [0.05, 0.1) is 40.1 Å². The van der Waals surface area contributed by atoms with Crippen LogP contribution in [0.3, 0.4) is 0 Å². The van der Waals surface area contributed by atoms with Crippen LogP contribution in [0.2, 0.25) is 0 Å². The van der Waals surface area contributed by atoms with Crippen LogP contribution in [0.25, 0.3) is 0 Å². The molecule has 0 amide bonds. The molecule has 2 saturated heterocycles. The molecule has 1 N–H and O–H groups in total. The fourth-order valence-electron chi connectivity index (χ4n) is 13.5. The van der Waals surface area contributed by atoms with Crippen LogP contribution < -0.4 is 4.74 Å². The van der Waals surface area contributed by atoms with Crippen molar-refractivity contribution in [2.24, 2.45) is 0 Å². The number of benzene rings is 1. The van der Waals surface area contributed by atoms with E-state index >= 15 is 0 Å². The fourth-order valence-corrected chi connectivity index (χ4v) is 13.5. The van der Waals surface area contributed by atoms with Gasteiger partial charge in [0.25, 0.3) is 0 Å². The summed E-state index contributed by atoms with van der Waals surface area (Å²) in [6, 6.07) is 8.02. The molecule has 0 aromatic heterocycles. The van der Waals surface area contributed by atoms with Gasteiger partial charge in [-0.25, -0.2) is 0 Å². The predicted molar refractivity (Wildman–Crippen MR) is 391 cm³/mol. The molecule has 0 spiro atoms. The zero-order valence-corrected chi connectivity index (χ0v) is 61.9. The summed E-state index contributed by atoms with van der Waals surface area (Å²) in [6.45, 7) is 19.9. The maximum absolute atomic E-state index is 11.1. The van der Waals surface area contributed by atoms with Crippen molar-refractivity contribution in [1.29, 1.82) is 0 Å². The third-order valence-corrected chi connectivity index (χ3v) is 19.4. The minimum atomic E-state index is -0.927. The van der Waals surface area contributed by atoms with Crippen LogP contribution >= 0.6 is 0 Å². The molecule has 94 heavy (non-hydrogen) atoms. The van der Waals surface area contributed by atoms with Crippen LogP contribution in [-0.2, 0) is 54.0 Å². The normalized spacial score (nSPS) is 21.5. The van der Waals surface area contributed by atoms with Crippen LogP contribution in [0.5, 0.6) is 5.75 Å². The Bertz CT molecular complexity index is 1770. The van der Waals surface area contributed by atoms with Gasteiger partial charge < -0.3 is 57.2 Å². The predicted octanol–water partition coefficient (Wildman–Crippen LogP) is 22.2. The number of hydrogen-bond donors (Lipinski definition) is 1. The maximum atomic E-state index is 11.1. The van der Waals surface area contributed by atoms with E-state index in [1.807, 2.05) is 24.3 Å². The minimum absolute atomic E-state index is 0.0517. The van der Waals surface area contributed by atoms with Gasteiger partial charge in [0.15, 0.2) is 12.6 Å². The van der Waals surface area contributed by atoms with Gasteiger partial charge >= 0.3 is 0 Å². The minimum Gasteiger partial charge on any atom is -0.497 e. The standard InChI is InChI=1S/C82H150O12/c1-8-14-18-22-26-30-34-38-42-46-50-54-64-86-77-75(85-62-12-5)73(68-83)93-82(80(77)89-67-57-53-49-45-41-37-33-29-25-21-17-11-4)92-70-74-76(91-69-71-58-60-72(84-7)61-59-71)78(87-65-55-51-47-43-39-35-31-27-23-19-15-9-2)79(81(94-74)90-63-13-6)88-66-56-52-48-44-40-36-32-28-24-20-16-10-3/h12-13,58-61,73-83H,5-6,8-11,14-57,62-70H2,1-4,7H3/t73-,74-,75-,76-,77+,78+,79-,80-,81+,82-/m1/s1. The highest BCUT2D eigenvalue weighted by Gasteiger charge is 2.52. The van der Waals surface area contributed by atoms with Gasteiger partial charge in [0, 0.05) is 26.4 Å². The lowest BCUT2D eigenvalue weighted by Gasteiger charge is -2.48. The summed E-state index contributed by atoms with van der Waals surface area (Å²) in [5, 5.41) is 11.1. The van der Waals surface area contributed by atoms with Gasteiger partial charge in [-0.3, -0.25) is 0 Å². The Balaban J connectivity index is 1.90. The van der Waals surface area contributed by atoms with Crippen LogP contribution in [0.1, 0.15) is 341 Å². The second-order valence-corrected chi connectivity index (χ2v) is 27.8. The van der Waals surface area contributed by atoms with Crippen molar-refractivity contribution in [2.75, 3.05) is 60.0 Å². The molecule has 2 aliphatic rings. The summed E-state index contributed by atoms with van der Waals surface area (Å²) in [6.07, 6.45) is 57.3. The lowest BCUT2D eigenvalue weighted by atomic mass is 9.97. The number of methoxy groups -OCH3 is 1. The topological polar surface area (TPSA) is 122 Å². The van der Waals surface area contributed by atoms with Gasteiger partial charge in [-0.2, -0.15) is 0 Å². The fraction of sp³-hybridized carbons (Fsp3) is 0.878. The molecular formula is C82H150O12. The van der Waals surface area contributed by atoms with E-state index in [1.54, 1.807) is 19.3 Å². The third kappa shape index (κ3) is 42.2. The average molecular weight is 1330 g/mol. The second kappa shape index (κ2) is 63.3. The summed E-state index contributed by atoms with van der Waals surface area (Å²) in [5.41, 5.74) is 0.991. The first-order chi connectivity index (χ1) is 46.5. The first-order valence-corrected chi connectivity index (χ1v) is 40.2. The molecule has 0 aliphatic carbocycles. The molecular weight excluding hydrogens is 1180 g/mol. The number of aliphatic hydroxyl groups excluding tert-OH is 1. The Kier molecular flexibility index (Phi) is 58.1. The van der Waals surface area contributed by atoms with Crippen molar-refractivity contribution in [3.05, 3.63) is 55.1 Å². The highest BCUT2D eigenvalue weighted by Crippen LogP contribution is 2.35. The van der Waals surface area contributed by atoms with Crippen molar-refractivity contribution in [1.82, 2.24) is 0 Å². The quantitative estimate of drug-likeness (QED) is 0.0494. The van der Waals surface area contributed by atoms with E-state index in [4.69, 9.17) is 52.1 Å². The number of unbranched alkanes of at least 4 members (excludes halogenated alkanes) is 44. The number of ether oxygens (including phenoxy) is 11. The molecule has 2 heterocycles. The lowest BCUT2D eigenvalue weighted by molar-refractivity contribution is -0.348. The van der Waals surface area contributed by atoms with E-state index in [-0.39, 0.29) is 26.4 Å². The molecule has 550 valence electrons. The summed E-state index contributed by atoms with van der Waals surface area (Å²) < 4.78 is 74.8. The van der Waals surface area contributed by atoms with Crippen molar-refractivity contribution < 1.29 is 57.2 Å².